The van der Waals surface area contributed by atoms with Crippen molar-refractivity contribution in [3.63, 3.8) is 0 Å². The number of rotatable bonds is 5. The maximum Gasteiger partial charge on any atom is 0.339 e. The third-order valence-electron chi connectivity index (χ3n) is 5.63. The summed E-state index contributed by atoms with van der Waals surface area (Å²) in [6.45, 7) is 2.45. The highest BCUT2D eigenvalue weighted by Gasteiger charge is 2.20. The Labute approximate surface area is 167 Å². The number of aryl methyl sites for hydroxylation is 2. The number of para-hydroxylation sites is 2. The maximum absolute atomic E-state index is 12.2. The van der Waals surface area contributed by atoms with E-state index in [1.807, 2.05) is 47.9 Å². The zero-order valence-corrected chi connectivity index (χ0v) is 16.2. The highest BCUT2D eigenvalue weighted by Crippen LogP contribution is 2.29. The molecular formula is C23H22N2O4. The molecule has 6 nitrogen and oxygen atoms in total. The van der Waals surface area contributed by atoms with E-state index in [4.69, 9.17) is 9.15 Å². The molecule has 4 aromatic rings. The molecule has 0 saturated carbocycles. The molecule has 2 heterocycles. The molecule has 2 aromatic carbocycles. The summed E-state index contributed by atoms with van der Waals surface area (Å²) in [6.07, 6.45) is 2.00. The van der Waals surface area contributed by atoms with Crippen LogP contribution < -0.4 is 10.4 Å². The van der Waals surface area contributed by atoms with Crippen LogP contribution in [0.4, 0.5) is 0 Å². The molecule has 0 fully saturated rings. The molecule has 1 aliphatic carbocycles. The summed E-state index contributed by atoms with van der Waals surface area (Å²) in [5, 5.41) is 11.5. The summed E-state index contributed by atoms with van der Waals surface area (Å²) in [5.41, 5.74) is 4.11. The first-order valence-corrected chi connectivity index (χ1v) is 9.91. The highest BCUT2D eigenvalue weighted by molar-refractivity contribution is 5.83. The average molecular weight is 390 g/mol. The van der Waals surface area contributed by atoms with Crippen molar-refractivity contribution in [2.24, 2.45) is 0 Å². The fraction of sp³-hybridized carbons (Fsp3) is 0.304. The molecule has 0 spiro atoms. The number of fused-ring (bicyclic) bond motifs is 4. The third-order valence-corrected chi connectivity index (χ3v) is 5.63. The first-order chi connectivity index (χ1) is 14.1. The monoisotopic (exact) mass is 390 g/mol. The van der Waals surface area contributed by atoms with E-state index < -0.39 is 6.10 Å². The lowest BCUT2D eigenvalue weighted by atomic mass is 10.1. The van der Waals surface area contributed by atoms with Crippen LogP contribution in [-0.4, -0.2) is 27.4 Å². The summed E-state index contributed by atoms with van der Waals surface area (Å²) in [6, 6.07) is 13.4. The standard InChI is InChI=1S/C23H22N2O4/c1-14-24-20-7-2-3-8-21(20)25(14)12-15(26)13-28-16-9-10-18-17-5-4-6-19(17)23(27)29-22(18)11-16/h2-3,7-11,15,26H,4-6,12-13H2,1H3. The zero-order chi connectivity index (χ0) is 20.0. The topological polar surface area (TPSA) is 77.5 Å². The maximum atomic E-state index is 12.2. The van der Waals surface area contributed by atoms with E-state index in [0.717, 1.165) is 52.6 Å². The molecule has 6 heteroatoms. The summed E-state index contributed by atoms with van der Waals surface area (Å²) in [7, 11) is 0. The number of aliphatic hydroxyl groups is 1. The van der Waals surface area contributed by atoms with Crippen LogP contribution in [0.5, 0.6) is 5.75 Å². The normalized spacial score (nSPS) is 14.4. The van der Waals surface area contributed by atoms with Crippen LogP contribution in [-0.2, 0) is 19.4 Å². The number of hydrogen-bond donors (Lipinski definition) is 1. The van der Waals surface area contributed by atoms with Crippen LogP contribution in [0.25, 0.3) is 22.0 Å². The minimum atomic E-state index is -0.700. The van der Waals surface area contributed by atoms with E-state index in [0.29, 0.717) is 17.9 Å². The number of nitrogens with zero attached hydrogens (tertiary/aromatic N) is 2. The Morgan fingerprint density at radius 3 is 2.93 bits per heavy atom. The van der Waals surface area contributed by atoms with Gasteiger partial charge in [-0.2, -0.15) is 0 Å². The Balaban J connectivity index is 1.33. The second kappa shape index (κ2) is 7.04. The summed E-state index contributed by atoms with van der Waals surface area (Å²) < 4.78 is 13.3. The number of hydrogen-bond acceptors (Lipinski definition) is 5. The summed E-state index contributed by atoms with van der Waals surface area (Å²) in [4.78, 5) is 16.7. The third kappa shape index (κ3) is 3.19. The molecular weight excluding hydrogens is 368 g/mol. The minimum Gasteiger partial charge on any atom is -0.491 e. The van der Waals surface area contributed by atoms with Gasteiger partial charge in [0.25, 0.3) is 0 Å². The van der Waals surface area contributed by atoms with Crippen LogP contribution in [0.15, 0.2) is 51.7 Å². The van der Waals surface area contributed by atoms with Gasteiger partial charge in [0.2, 0.25) is 0 Å². The van der Waals surface area contributed by atoms with E-state index in [9.17, 15) is 9.90 Å². The first kappa shape index (κ1) is 17.9. The zero-order valence-electron chi connectivity index (χ0n) is 16.2. The molecule has 2 aromatic heterocycles. The second-order valence-electron chi connectivity index (χ2n) is 7.58. The van der Waals surface area contributed by atoms with Crippen molar-refractivity contribution in [2.45, 2.75) is 38.8 Å². The van der Waals surface area contributed by atoms with Gasteiger partial charge in [0.05, 0.1) is 17.6 Å². The number of ether oxygens (including phenoxy) is 1. The predicted octanol–water partition coefficient (Wildman–Crippen LogP) is 3.38. The van der Waals surface area contributed by atoms with Crippen LogP contribution in [0.2, 0.25) is 0 Å². The quantitative estimate of drug-likeness (QED) is 0.529. The Bertz CT molecular complexity index is 1270. The van der Waals surface area contributed by atoms with E-state index in [-0.39, 0.29) is 12.2 Å². The molecule has 0 aliphatic heterocycles. The largest absolute Gasteiger partial charge is 0.491 e. The lowest BCUT2D eigenvalue weighted by Crippen LogP contribution is -2.24. The van der Waals surface area contributed by atoms with Gasteiger partial charge >= 0.3 is 5.63 Å². The van der Waals surface area contributed by atoms with Gasteiger partial charge in [-0.1, -0.05) is 12.1 Å². The van der Waals surface area contributed by atoms with Gasteiger partial charge in [0.15, 0.2) is 0 Å². The van der Waals surface area contributed by atoms with E-state index >= 15 is 0 Å². The fourth-order valence-corrected chi connectivity index (χ4v) is 4.24. The van der Waals surface area contributed by atoms with E-state index in [1.165, 1.54) is 0 Å². The molecule has 0 amide bonds. The molecule has 1 atom stereocenters. The Morgan fingerprint density at radius 2 is 2.03 bits per heavy atom. The average Bonchev–Trinajstić information content (AvgIpc) is 3.32. The minimum absolute atomic E-state index is 0.132. The van der Waals surface area contributed by atoms with Gasteiger partial charge < -0.3 is 18.8 Å². The Hall–Kier alpha value is -3.12. The van der Waals surface area contributed by atoms with E-state index in [2.05, 4.69) is 4.98 Å². The van der Waals surface area contributed by atoms with Crippen molar-refractivity contribution in [3.05, 3.63) is 69.8 Å². The molecule has 1 unspecified atom stereocenters. The van der Waals surface area contributed by atoms with Gasteiger partial charge in [-0.05, 0) is 56.0 Å². The van der Waals surface area contributed by atoms with Crippen molar-refractivity contribution in [2.75, 3.05) is 6.61 Å². The van der Waals surface area contributed by atoms with Gasteiger partial charge in [-0.25, -0.2) is 9.78 Å². The molecule has 148 valence electrons. The van der Waals surface area contributed by atoms with Crippen LogP contribution >= 0.6 is 0 Å². The molecule has 5 rings (SSSR count). The summed E-state index contributed by atoms with van der Waals surface area (Å²) >= 11 is 0. The molecule has 0 radical (unpaired) electrons. The van der Waals surface area contributed by atoms with Crippen molar-refractivity contribution >= 4 is 22.0 Å². The Morgan fingerprint density at radius 1 is 1.21 bits per heavy atom. The number of aromatic nitrogens is 2. The number of benzene rings is 2. The van der Waals surface area contributed by atoms with E-state index in [1.54, 1.807) is 6.07 Å². The van der Waals surface area contributed by atoms with Crippen molar-refractivity contribution < 1.29 is 14.3 Å². The van der Waals surface area contributed by atoms with Crippen molar-refractivity contribution in [1.82, 2.24) is 9.55 Å². The molecule has 1 N–H and O–H groups in total. The van der Waals surface area contributed by atoms with Gasteiger partial charge in [0, 0.05) is 17.0 Å². The van der Waals surface area contributed by atoms with Crippen molar-refractivity contribution in [1.29, 1.82) is 0 Å². The molecule has 0 bridgehead atoms. The molecule has 29 heavy (non-hydrogen) atoms. The lowest BCUT2D eigenvalue weighted by molar-refractivity contribution is 0.0929. The first-order valence-electron chi connectivity index (χ1n) is 9.91. The lowest BCUT2D eigenvalue weighted by Gasteiger charge is -2.15. The van der Waals surface area contributed by atoms with Crippen LogP contribution in [0.1, 0.15) is 23.4 Å². The second-order valence-corrected chi connectivity index (χ2v) is 7.58. The smallest absolute Gasteiger partial charge is 0.339 e. The predicted molar refractivity (Wildman–Crippen MR) is 110 cm³/mol. The summed E-state index contributed by atoms with van der Waals surface area (Å²) in [5.74, 6) is 1.43. The van der Waals surface area contributed by atoms with Crippen LogP contribution in [0, 0.1) is 6.92 Å². The molecule has 0 saturated heterocycles. The number of aliphatic hydroxyl groups excluding tert-OH is 1. The molecule has 1 aliphatic rings. The Kier molecular flexibility index (Phi) is 4.36. The number of imidazole rings is 1. The van der Waals surface area contributed by atoms with Gasteiger partial charge in [-0.15, -0.1) is 0 Å². The van der Waals surface area contributed by atoms with Gasteiger partial charge in [0.1, 0.15) is 29.9 Å². The highest BCUT2D eigenvalue weighted by atomic mass is 16.5. The van der Waals surface area contributed by atoms with Crippen molar-refractivity contribution in [3.8, 4) is 5.75 Å². The fourth-order valence-electron chi connectivity index (χ4n) is 4.24. The van der Waals surface area contributed by atoms with Crippen LogP contribution in [0.3, 0.4) is 0 Å². The SMILES string of the molecule is Cc1nc2ccccc2n1CC(O)COc1ccc2c3c(c(=O)oc2c1)CCC3. The van der Waals surface area contributed by atoms with Gasteiger partial charge in [-0.3, -0.25) is 0 Å².